The van der Waals surface area contributed by atoms with Crippen LogP contribution >= 0.6 is 0 Å². The summed E-state index contributed by atoms with van der Waals surface area (Å²) in [4.78, 5) is 14.2. The van der Waals surface area contributed by atoms with Gasteiger partial charge in [-0.15, -0.1) is 0 Å². The first-order valence-corrected chi connectivity index (χ1v) is 7.05. The van der Waals surface area contributed by atoms with Gasteiger partial charge in [-0.1, -0.05) is 0 Å². The van der Waals surface area contributed by atoms with Gasteiger partial charge in [-0.25, -0.2) is 0 Å². The maximum atomic E-state index is 12.5. The number of carbonyl (C=O) groups is 1. The number of carbonyl (C=O) groups excluding carboxylic acids is 1. The van der Waals surface area contributed by atoms with Gasteiger partial charge in [-0.05, 0) is 50.2 Å². The van der Waals surface area contributed by atoms with Crippen LogP contribution in [0.1, 0.15) is 30.6 Å². The number of benzene rings is 1. The molecule has 4 nitrogen and oxygen atoms in total. The van der Waals surface area contributed by atoms with Crippen molar-refractivity contribution in [2.45, 2.75) is 26.3 Å². The maximum Gasteiger partial charge on any atom is 0.254 e. The average Bonchev–Trinajstić information content (AvgIpc) is 3.01. The average molecular weight is 281 g/mol. The molecule has 0 aliphatic rings. The van der Waals surface area contributed by atoms with Crippen molar-refractivity contribution < 1.29 is 4.79 Å². The number of nitriles is 1. The molecule has 0 atom stereocenters. The highest BCUT2D eigenvalue weighted by molar-refractivity contribution is 5.94. The molecular formula is C17H19N3O. The van der Waals surface area contributed by atoms with Crippen LogP contribution in [0.4, 0.5) is 0 Å². The summed E-state index contributed by atoms with van der Waals surface area (Å²) in [5.41, 5.74) is 1.67. The molecule has 4 heteroatoms. The van der Waals surface area contributed by atoms with Crippen molar-refractivity contribution in [3.8, 4) is 11.8 Å². The summed E-state index contributed by atoms with van der Waals surface area (Å²) in [5.74, 6) is -0.0284. The monoisotopic (exact) mass is 281 g/mol. The Hall–Kier alpha value is -2.54. The van der Waals surface area contributed by atoms with Crippen molar-refractivity contribution in [1.82, 2.24) is 9.47 Å². The summed E-state index contributed by atoms with van der Waals surface area (Å²) < 4.78 is 1.99. The third-order valence-corrected chi connectivity index (χ3v) is 3.37. The summed E-state index contributed by atoms with van der Waals surface area (Å²) in [5, 5.41) is 8.70. The van der Waals surface area contributed by atoms with E-state index >= 15 is 0 Å². The first-order valence-electron chi connectivity index (χ1n) is 7.05. The second-order valence-electron chi connectivity index (χ2n) is 5.14. The third-order valence-electron chi connectivity index (χ3n) is 3.37. The van der Waals surface area contributed by atoms with Crippen molar-refractivity contribution in [1.29, 1.82) is 5.26 Å². The second kappa shape index (κ2) is 6.76. The molecule has 0 bridgehead atoms. The number of hydrogen-bond donors (Lipinski definition) is 0. The lowest BCUT2D eigenvalue weighted by atomic mass is 10.1. The molecule has 2 aromatic rings. The summed E-state index contributed by atoms with van der Waals surface area (Å²) in [6.45, 7) is 4.39. The highest BCUT2D eigenvalue weighted by Gasteiger charge is 2.18. The summed E-state index contributed by atoms with van der Waals surface area (Å²) in [7, 11) is 0. The van der Waals surface area contributed by atoms with Gasteiger partial charge >= 0.3 is 0 Å². The number of aromatic nitrogens is 1. The van der Waals surface area contributed by atoms with Crippen molar-refractivity contribution in [2.24, 2.45) is 0 Å². The van der Waals surface area contributed by atoms with Crippen LogP contribution in [0.15, 0.2) is 48.8 Å². The van der Waals surface area contributed by atoms with E-state index in [2.05, 4.69) is 6.07 Å². The third kappa shape index (κ3) is 3.51. The lowest BCUT2D eigenvalue weighted by molar-refractivity contribution is 0.0710. The zero-order valence-electron chi connectivity index (χ0n) is 12.4. The molecule has 0 fully saturated rings. The topological polar surface area (TPSA) is 49.0 Å². The van der Waals surface area contributed by atoms with Crippen LogP contribution in [0.3, 0.4) is 0 Å². The molecule has 1 amide bonds. The second-order valence-corrected chi connectivity index (χ2v) is 5.14. The molecule has 0 saturated carbocycles. The van der Waals surface area contributed by atoms with Gasteiger partial charge < -0.3 is 9.47 Å². The Morgan fingerprint density at radius 2 is 1.86 bits per heavy atom. The smallest absolute Gasteiger partial charge is 0.254 e. The Labute approximate surface area is 125 Å². The zero-order valence-corrected chi connectivity index (χ0v) is 12.4. The number of amides is 1. The molecule has 0 aliphatic heterocycles. The molecular weight excluding hydrogens is 262 g/mol. The van der Waals surface area contributed by atoms with E-state index in [1.54, 1.807) is 4.90 Å². The van der Waals surface area contributed by atoms with Gasteiger partial charge in [0.15, 0.2) is 0 Å². The molecule has 0 spiro atoms. The molecule has 1 heterocycles. The molecule has 1 aromatic carbocycles. The first-order chi connectivity index (χ1) is 10.1. The van der Waals surface area contributed by atoms with E-state index in [-0.39, 0.29) is 11.9 Å². The van der Waals surface area contributed by atoms with Crippen LogP contribution in [0.2, 0.25) is 0 Å². The van der Waals surface area contributed by atoms with E-state index in [0.29, 0.717) is 18.5 Å². The van der Waals surface area contributed by atoms with Crippen molar-refractivity contribution in [3.63, 3.8) is 0 Å². The van der Waals surface area contributed by atoms with Gasteiger partial charge in [0.05, 0.1) is 12.5 Å². The highest BCUT2D eigenvalue weighted by Crippen LogP contribution is 2.13. The fraction of sp³-hybridized carbons (Fsp3) is 0.294. The predicted molar refractivity (Wildman–Crippen MR) is 82.2 cm³/mol. The van der Waals surface area contributed by atoms with E-state index in [9.17, 15) is 4.79 Å². The number of rotatable bonds is 5. The number of nitrogens with zero attached hydrogens (tertiary/aromatic N) is 3. The lowest BCUT2D eigenvalue weighted by Crippen LogP contribution is -2.37. The Morgan fingerprint density at radius 3 is 2.38 bits per heavy atom. The Kier molecular flexibility index (Phi) is 4.78. The summed E-state index contributed by atoms with van der Waals surface area (Å²) in [6, 6.07) is 13.6. The minimum atomic E-state index is -0.0284. The first kappa shape index (κ1) is 14.9. The summed E-state index contributed by atoms with van der Waals surface area (Å²) >= 11 is 0. The van der Waals surface area contributed by atoms with Gasteiger partial charge in [0, 0.05) is 36.2 Å². The molecule has 1 aromatic heterocycles. The molecule has 21 heavy (non-hydrogen) atoms. The largest absolute Gasteiger partial charge is 0.335 e. The van der Waals surface area contributed by atoms with Crippen LogP contribution in [0, 0.1) is 11.3 Å². The van der Waals surface area contributed by atoms with Gasteiger partial charge in [-0.2, -0.15) is 5.26 Å². The van der Waals surface area contributed by atoms with Gasteiger partial charge in [-0.3, -0.25) is 4.79 Å². The van der Waals surface area contributed by atoms with E-state index in [1.807, 2.05) is 67.2 Å². The Morgan fingerprint density at radius 1 is 1.24 bits per heavy atom. The SMILES string of the molecule is CC(C)N(CCC#N)C(=O)c1ccc(-n2cccc2)cc1. The molecule has 0 radical (unpaired) electrons. The van der Waals surface area contributed by atoms with E-state index < -0.39 is 0 Å². The van der Waals surface area contributed by atoms with Crippen LogP contribution in [-0.4, -0.2) is 28.0 Å². The number of hydrogen-bond acceptors (Lipinski definition) is 2. The van der Waals surface area contributed by atoms with Crippen LogP contribution in [0.25, 0.3) is 5.69 Å². The molecule has 0 unspecified atom stereocenters. The minimum absolute atomic E-state index is 0.0284. The summed E-state index contributed by atoms with van der Waals surface area (Å²) in [6.07, 6.45) is 4.28. The van der Waals surface area contributed by atoms with E-state index in [4.69, 9.17) is 5.26 Å². The molecule has 0 saturated heterocycles. The van der Waals surface area contributed by atoms with Crippen LogP contribution < -0.4 is 0 Å². The van der Waals surface area contributed by atoms with Crippen molar-refractivity contribution in [2.75, 3.05) is 6.54 Å². The normalized spacial score (nSPS) is 10.4. The highest BCUT2D eigenvalue weighted by atomic mass is 16.2. The Balaban J connectivity index is 2.17. The van der Waals surface area contributed by atoms with Crippen molar-refractivity contribution >= 4 is 5.91 Å². The van der Waals surface area contributed by atoms with Crippen LogP contribution in [-0.2, 0) is 0 Å². The van der Waals surface area contributed by atoms with Crippen LogP contribution in [0.5, 0.6) is 0 Å². The quantitative estimate of drug-likeness (QED) is 0.844. The van der Waals surface area contributed by atoms with Gasteiger partial charge in [0.2, 0.25) is 0 Å². The molecule has 2 rings (SSSR count). The van der Waals surface area contributed by atoms with E-state index in [0.717, 1.165) is 5.69 Å². The lowest BCUT2D eigenvalue weighted by Gasteiger charge is -2.26. The molecule has 108 valence electrons. The maximum absolute atomic E-state index is 12.5. The Bertz CT molecular complexity index is 621. The molecule has 0 aliphatic carbocycles. The fourth-order valence-electron chi connectivity index (χ4n) is 2.21. The van der Waals surface area contributed by atoms with Crippen molar-refractivity contribution in [3.05, 3.63) is 54.4 Å². The molecule has 0 N–H and O–H groups in total. The van der Waals surface area contributed by atoms with Gasteiger partial charge in [0.25, 0.3) is 5.91 Å². The van der Waals surface area contributed by atoms with E-state index in [1.165, 1.54) is 0 Å². The zero-order chi connectivity index (χ0) is 15.2. The van der Waals surface area contributed by atoms with Gasteiger partial charge in [0.1, 0.15) is 0 Å². The minimum Gasteiger partial charge on any atom is -0.335 e. The fourth-order valence-corrected chi connectivity index (χ4v) is 2.21. The standard InChI is InChI=1S/C17H19N3O/c1-14(2)20(13-5-10-18)17(21)15-6-8-16(9-7-15)19-11-3-4-12-19/h3-4,6-9,11-12,14H,5,13H2,1-2H3. The predicted octanol–water partition coefficient (Wildman–Crippen LogP) is 3.24.